The highest BCUT2D eigenvalue weighted by Crippen LogP contribution is 2.23. The van der Waals surface area contributed by atoms with Crippen LogP contribution in [0.5, 0.6) is 0 Å². The average molecular weight is 351 g/mol. The number of amides is 1. The van der Waals surface area contributed by atoms with E-state index in [2.05, 4.69) is 10.1 Å². The minimum atomic E-state index is -0.585. The van der Waals surface area contributed by atoms with E-state index in [9.17, 15) is 18.4 Å². The SMILES string of the molecule is COC(=O)c1ccc(C)c(NC(=O)CSc2cc(F)ccc2F)c1. The quantitative estimate of drug-likeness (QED) is 0.658. The first-order chi connectivity index (χ1) is 11.4. The molecule has 2 aromatic rings. The van der Waals surface area contributed by atoms with E-state index >= 15 is 0 Å². The predicted molar refractivity (Wildman–Crippen MR) is 88.2 cm³/mol. The van der Waals surface area contributed by atoms with E-state index in [1.807, 2.05) is 0 Å². The molecule has 0 heterocycles. The van der Waals surface area contributed by atoms with Crippen LogP contribution in [-0.2, 0) is 9.53 Å². The van der Waals surface area contributed by atoms with Gasteiger partial charge in [0.15, 0.2) is 0 Å². The Morgan fingerprint density at radius 2 is 1.92 bits per heavy atom. The molecule has 1 N–H and O–H groups in total. The number of methoxy groups -OCH3 is 1. The van der Waals surface area contributed by atoms with E-state index in [-0.39, 0.29) is 10.6 Å². The molecule has 4 nitrogen and oxygen atoms in total. The minimum Gasteiger partial charge on any atom is -0.465 e. The fraction of sp³-hybridized carbons (Fsp3) is 0.176. The van der Waals surface area contributed by atoms with E-state index in [0.717, 1.165) is 35.5 Å². The lowest BCUT2D eigenvalue weighted by molar-refractivity contribution is -0.113. The van der Waals surface area contributed by atoms with Crippen LogP contribution in [0.25, 0.3) is 0 Å². The molecule has 0 radical (unpaired) electrons. The van der Waals surface area contributed by atoms with Crippen LogP contribution in [-0.4, -0.2) is 24.7 Å². The van der Waals surface area contributed by atoms with Gasteiger partial charge in [0, 0.05) is 10.6 Å². The number of benzene rings is 2. The highest BCUT2D eigenvalue weighted by molar-refractivity contribution is 8.00. The molecule has 2 rings (SSSR count). The Bertz CT molecular complexity index is 780. The van der Waals surface area contributed by atoms with Crippen LogP contribution in [0.3, 0.4) is 0 Å². The summed E-state index contributed by atoms with van der Waals surface area (Å²) in [4.78, 5) is 23.6. The molecule has 7 heteroatoms. The number of halogens is 2. The average Bonchev–Trinajstić information content (AvgIpc) is 2.57. The van der Waals surface area contributed by atoms with E-state index in [1.165, 1.54) is 13.2 Å². The van der Waals surface area contributed by atoms with Crippen LogP contribution in [0, 0.1) is 18.6 Å². The highest BCUT2D eigenvalue weighted by atomic mass is 32.2. The molecule has 0 fully saturated rings. The van der Waals surface area contributed by atoms with Gasteiger partial charge in [-0.05, 0) is 42.8 Å². The number of carbonyl (C=O) groups is 2. The number of nitrogens with one attached hydrogen (secondary N) is 1. The Kier molecular flexibility index (Phi) is 5.92. The molecule has 0 aliphatic heterocycles. The van der Waals surface area contributed by atoms with Crippen molar-refractivity contribution in [2.24, 2.45) is 0 Å². The monoisotopic (exact) mass is 351 g/mol. The summed E-state index contributed by atoms with van der Waals surface area (Å²) in [7, 11) is 1.27. The first-order valence-electron chi connectivity index (χ1n) is 6.97. The molecule has 0 saturated heterocycles. The maximum absolute atomic E-state index is 13.5. The smallest absolute Gasteiger partial charge is 0.337 e. The topological polar surface area (TPSA) is 55.4 Å². The van der Waals surface area contributed by atoms with Crippen LogP contribution in [0.1, 0.15) is 15.9 Å². The molecule has 0 aromatic heterocycles. The summed E-state index contributed by atoms with van der Waals surface area (Å²) in [6, 6.07) is 7.85. The Labute approximate surface area is 142 Å². The van der Waals surface area contributed by atoms with Gasteiger partial charge in [-0.3, -0.25) is 4.79 Å². The van der Waals surface area contributed by atoms with Gasteiger partial charge in [-0.1, -0.05) is 6.07 Å². The maximum Gasteiger partial charge on any atom is 0.337 e. The number of ether oxygens (including phenoxy) is 1. The first kappa shape index (κ1) is 17.9. The van der Waals surface area contributed by atoms with Crippen molar-refractivity contribution in [2.45, 2.75) is 11.8 Å². The number of esters is 1. The number of anilines is 1. The maximum atomic E-state index is 13.5. The highest BCUT2D eigenvalue weighted by Gasteiger charge is 2.12. The van der Waals surface area contributed by atoms with Gasteiger partial charge in [0.2, 0.25) is 5.91 Å². The van der Waals surface area contributed by atoms with Gasteiger partial charge < -0.3 is 10.1 Å². The van der Waals surface area contributed by atoms with Gasteiger partial charge >= 0.3 is 5.97 Å². The van der Waals surface area contributed by atoms with E-state index < -0.39 is 23.5 Å². The summed E-state index contributed by atoms with van der Waals surface area (Å²) in [5, 5.41) is 2.65. The molecule has 1 amide bonds. The molecule has 126 valence electrons. The van der Waals surface area contributed by atoms with Gasteiger partial charge in [-0.25, -0.2) is 13.6 Å². The van der Waals surface area contributed by atoms with Crippen LogP contribution in [0.15, 0.2) is 41.3 Å². The van der Waals surface area contributed by atoms with Gasteiger partial charge in [0.25, 0.3) is 0 Å². The Hall–Kier alpha value is -2.41. The third-order valence-electron chi connectivity index (χ3n) is 3.18. The molecule has 0 bridgehead atoms. The summed E-state index contributed by atoms with van der Waals surface area (Å²) in [5.41, 5.74) is 1.53. The second kappa shape index (κ2) is 7.92. The second-order valence-electron chi connectivity index (χ2n) is 4.93. The Morgan fingerprint density at radius 1 is 1.17 bits per heavy atom. The zero-order valence-corrected chi connectivity index (χ0v) is 13.9. The van der Waals surface area contributed by atoms with Crippen molar-refractivity contribution in [3.63, 3.8) is 0 Å². The lowest BCUT2D eigenvalue weighted by Crippen LogP contribution is -2.15. The lowest BCUT2D eigenvalue weighted by Gasteiger charge is -2.10. The van der Waals surface area contributed by atoms with Gasteiger partial charge in [0.05, 0.1) is 18.4 Å². The fourth-order valence-electron chi connectivity index (χ4n) is 1.92. The molecule has 2 aromatic carbocycles. The second-order valence-corrected chi connectivity index (χ2v) is 5.95. The zero-order chi connectivity index (χ0) is 17.7. The lowest BCUT2D eigenvalue weighted by atomic mass is 10.1. The molecular weight excluding hydrogens is 336 g/mol. The Balaban J connectivity index is 2.04. The van der Waals surface area contributed by atoms with Crippen LogP contribution in [0.2, 0.25) is 0 Å². The summed E-state index contributed by atoms with van der Waals surface area (Å²) in [5.74, 6) is -2.16. The van der Waals surface area contributed by atoms with Crippen molar-refractivity contribution < 1.29 is 23.1 Å². The molecule has 0 spiro atoms. The predicted octanol–water partition coefficient (Wildman–Crippen LogP) is 3.79. The standard InChI is InChI=1S/C17H15F2NO3S/c1-10-3-4-11(17(22)23-2)7-14(10)20-16(21)9-24-15-8-12(18)5-6-13(15)19/h3-8H,9H2,1-2H3,(H,20,21). The third-order valence-corrected chi connectivity index (χ3v) is 4.22. The van der Waals surface area contributed by atoms with Crippen LogP contribution in [0.4, 0.5) is 14.5 Å². The largest absolute Gasteiger partial charge is 0.465 e. The van der Waals surface area contributed by atoms with Crippen molar-refractivity contribution in [3.05, 3.63) is 59.2 Å². The van der Waals surface area contributed by atoms with Crippen molar-refractivity contribution in [1.29, 1.82) is 0 Å². The molecule has 0 unspecified atom stereocenters. The van der Waals surface area contributed by atoms with Crippen LogP contribution < -0.4 is 5.32 Å². The molecule has 0 aliphatic carbocycles. The van der Waals surface area contributed by atoms with E-state index in [4.69, 9.17) is 0 Å². The normalized spacial score (nSPS) is 10.3. The molecule has 0 saturated carbocycles. The van der Waals surface area contributed by atoms with E-state index in [1.54, 1.807) is 19.1 Å². The number of carbonyl (C=O) groups excluding carboxylic acids is 2. The molecular formula is C17H15F2NO3S. The number of rotatable bonds is 5. The fourth-order valence-corrected chi connectivity index (χ4v) is 2.68. The van der Waals surface area contributed by atoms with Crippen molar-refractivity contribution in [2.75, 3.05) is 18.2 Å². The summed E-state index contributed by atoms with van der Waals surface area (Å²) in [6.45, 7) is 1.77. The molecule has 24 heavy (non-hydrogen) atoms. The minimum absolute atomic E-state index is 0.0604. The number of hydrogen-bond donors (Lipinski definition) is 1. The molecule has 0 aliphatic rings. The summed E-state index contributed by atoms with van der Waals surface area (Å²) in [6.07, 6.45) is 0. The van der Waals surface area contributed by atoms with Gasteiger partial charge in [-0.15, -0.1) is 11.8 Å². The zero-order valence-electron chi connectivity index (χ0n) is 13.1. The van der Waals surface area contributed by atoms with E-state index in [0.29, 0.717) is 11.3 Å². The van der Waals surface area contributed by atoms with Crippen molar-refractivity contribution in [3.8, 4) is 0 Å². The Morgan fingerprint density at radius 3 is 2.62 bits per heavy atom. The van der Waals surface area contributed by atoms with Gasteiger partial charge in [-0.2, -0.15) is 0 Å². The number of hydrogen-bond acceptors (Lipinski definition) is 4. The van der Waals surface area contributed by atoms with Crippen molar-refractivity contribution >= 4 is 29.3 Å². The van der Waals surface area contributed by atoms with Gasteiger partial charge in [0.1, 0.15) is 11.6 Å². The molecule has 0 atom stereocenters. The third kappa shape index (κ3) is 4.55. The summed E-state index contributed by atoms with van der Waals surface area (Å²) < 4.78 is 31.3. The number of thioether (sulfide) groups is 1. The summed E-state index contributed by atoms with van der Waals surface area (Å²) >= 11 is 0.891. The van der Waals surface area contributed by atoms with Crippen molar-refractivity contribution in [1.82, 2.24) is 0 Å². The first-order valence-corrected chi connectivity index (χ1v) is 7.96. The van der Waals surface area contributed by atoms with Crippen LogP contribution >= 0.6 is 11.8 Å². The number of aryl methyl sites for hydroxylation is 1.